The summed E-state index contributed by atoms with van der Waals surface area (Å²) in [6.07, 6.45) is 9.65. The molecule has 2 nitrogen and oxygen atoms in total. The minimum atomic E-state index is 0.0924. The zero-order valence-electron chi connectivity index (χ0n) is 10.2. The van der Waals surface area contributed by atoms with Gasteiger partial charge in [0.1, 0.15) is 0 Å². The molecule has 0 aromatic rings. The summed E-state index contributed by atoms with van der Waals surface area (Å²) < 4.78 is 0. The summed E-state index contributed by atoms with van der Waals surface area (Å²) in [6, 6.07) is 0. The predicted molar refractivity (Wildman–Crippen MR) is 64.9 cm³/mol. The Bertz CT molecular complexity index is 257. The summed E-state index contributed by atoms with van der Waals surface area (Å²) in [5.41, 5.74) is 6.07. The van der Waals surface area contributed by atoms with Crippen molar-refractivity contribution in [3.05, 3.63) is 0 Å². The summed E-state index contributed by atoms with van der Waals surface area (Å²) >= 11 is 0. The number of aliphatic hydroxyl groups excluding tert-OH is 1. The molecule has 3 saturated carbocycles. The molecule has 2 bridgehead atoms. The lowest BCUT2D eigenvalue weighted by atomic mass is 9.71. The van der Waals surface area contributed by atoms with E-state index in [4.69, 9.17) is 5.73 Å². The van der Waals surface area contributed by atoms with Crippen molar-refractivity contribution >= 4 is 0 Å². The lowest BCUT2D eigenvalue weighted by molar-refractivity contribution is 0.0682. The van der Waals surface area contributed by atoms with E-state index in [-0.39, 0.29) is 5.41 Å². The van der Waals surface area contributed by atoms with E-state index >= 15 is 0 Å². The molecule has 0 radical (unpaired) electrons. The standard InChI is InChI=1S/C14H25NO/c15-8-14(9-16,13-3-4-13)7-12-6-10-1-2-11(12)5-10/h10-13,16H,1-9,15H2. The third kappa shape index (κ3) is 1.70. The van der Waals surface area contributed by atoms with E-state index in [9.17, 15) is 5.11 Å². The fraction of sp³-hybridized carbons (Fsp3) is 1.00. The van der Waals surface area contributed by atoms with Crippen LogP contribution in [0.5, 0.6) is 0 Å². The van der Waals surface area contributed by atoms with Crippen LogP contribution in [0.3, 0.4) is 0 Å². The minimum absolute atomic E-state index is 0.0924. The largest absolute Gasteiger partial charge is 0.396 e. The maximum Gasteiger partial charge on any atom is 0.0502 e. The topological polar surface area (TPSA) is 46.2 Å². The van der Waals surface area contributed by atoms with Crippen LogP contribution in [0.4, 0.5) is 0 Å². The van der Waals surface area contributed by atoms with Gasteiger partial charge in [-0.3, -0.25) is 0 Å². The molecule has 0 amide bonds. The highest BCUT2D eigenvalue weighted by Gasteiger charge is 2.48. The van der Waals surface area contributed by atoms with E-state index in [1.807, 2.05) is 0 Å². The van der Waals surface area contributed by atoms with E-state index in [0.717, 1.165) is 23.7 Å². The van der Waals surface area contributed by atoms with Gasteiger partial charge in [-0.1, -0.05) is 6.42 Å². The molecule has 0 spiro atoms. The highest BCUT2D eigenvalue weighted by Crippen LogP contribution is 2.55. The van der Waals surface area contributed by atoms with Crippen LogP contribution >= 0.6 is 0 Å². The average molecular weight is 223 g/mol. The van der Waals surface area contributed by atoms with Crippen LogP contribution in [0.25, 0.3) is 0 Å². The Balaban J connectivity index is 1.67. The Kier molecular flexibility index (Phi) is 2.75. The molecule has 4 atom stereocenters. The quantitative estimate of drug-likeness (QED) is 0.750. The van der Waals surface area contributed by atoms with Gasteiger partial charge in [0.05, 0.1) is 6.61 Å². The third-order valence-corrected chi connectivity index (χ3v) is 5.72. The number of hydrogen-bond acceptors (Lipinski definition) is 2. The third-order valence-electron chi connectivity index (χ3n) is 5.72. The average Bonchev–Trinajstić information content (AvgIpc) is 2.97. The first kappa shape index (κ1) is 11.0. The van der Waals surface area contributed by atoms with E-state index in [1.165, 1.54) is 44.9 Å². The minimum Gasteiger partial charge on any atom is -0.396 e. The van der Waals surface area contributed by atoms with Crippen molar-refractivity contribution in [1.82, 2.24) is 0 Å². The summed E-state index contributed by atoms with van der Waals surface area (Å²) in [5.74, 6) is 3.61. The van der Waals surface area contributed by atoms with E-state index < -0.39 is 0 Å². The molecule has 0 saturated heterocycles. The number of rotatable bonds is 5. The van der Waals surface area contributed by atoms with Gasteiger partial charge in [0, 0.05) is 12.0 Å². The monoisotopic (exact) mass is 223 g/mol. The van der Waals surface area contributed by atoms with Crippen molar-refractivity contribution in [3.8, 4) is 0 Å². The summed E-state index contributed by atoms with van der Waals surface area (Å²) in [4.78, 5) is 0. The van der Waals surface area contributed by atoms with Gasteiger partial charge in [-0.2, -0.15) is 0 Å². The zero-order valence-corrected chi connectivity index (χ0v) is 10.2. The summed E-state index contributed by atoms with van der Waals surface area (Å²) in [5, 5.41) is 9.74. The molecule has 0 aromatic carbocycles. The normalized spacial score (nSPS) is 41.2. The smallest absolute Gasteiger partial charge is 0.0502 e. The van der Waals surface area contributed by atoms with Crippen molar-refractivity contribution in [1.29, 1.82) is 0 Å². The van der Waals surface area contributed by atoms with E-state index in [1.54, 1.807) is 0 Å². The van der Waals surface area contributed by atoms with Crippen LogP contribution in [0, 0.1) is 29.1 Å². The molecule has 3 aliphatic rings. The molecule has 3 aliphatic carbocycles. The second-order valence-corrected chi connectivity index (χ2v) is 6.64. The number of nitrogens with two attached hydrogens (primary N) is 1. The molecule has 3 N–H and O–H groups in total. The van der Waals surface area contributed by atoms with Gasteiger partial charge in [0.25, 0.3) is 0 Å². The van der Waals surface area contributed by atoms with Crippen molar-refractivity contribution < 1.29 is 5.11 Å². The second kappa shape index (κ2) is 3.99. The summed E-state index contributed by atoms with van der Waals surface area (Å²) in [7, 11) is 0. The Morgan fingerprint density at radius 1 is 1.12 bits per heavy atom. The van der Waals surface area contributed by atoms with Crippen LogP contribution in [-0.2, 0) is 0 Å². The zero-order chi connectivity index (χ0) is 11.2. The van der Waals surface area contributed by atoms with Gasteiger partial charge in [-0.15, -0.1) is 0 Å². The van der Waals surface area contributed by atoms with Crippen molar-refractivity contribution in [3.63, 3.8) is 0 Å². The Morgan fingerprint density at radius 3 is 2.38 bits per heavy atom. The molecule has 2 heteroatoms. The number of hydrogen-bond donors (Lipinski definition) is 2. The molecule has 3 fully saturated rings. The first-order valence-corrected chi connectivity index (χ1v) is 7.08. The molecular formula is C14H25NO. The van der Waals surface area contributed by atoms with E-state index in [0.29, 0.717) is 13.2 Å². The maximum absolute atomic E-state index is 9.74. The van der Waals surface area contributed by atoms with Crippen LogP contribution in [0.1, 0.15) is 44.9 Å². The lowest BCUT2D eigenvalue weighted by Gasteiger charge is -2.36. The first-order chi connectivity index (χ1) is 7.77. The maximum atomic E-state index is 9.74. The number of fused-ring (bicyclic) bond motifs is 2. The fourth-order valence-electron chi connectivity index (χ4n) is 4.52. The van der Waals surface area contributed by atoms with Crippen LogP contribution in [-0.4, -0.2) is 18.3 Å². The molecule has 16 heavy (non-hydrogen) atoms. The molecule has 0 aliphatic heterocycles. The highest BCUT2D eigenvalue weighted by atomic mass is 16.3. The molecule has 3 rings (SSSR count). The predicted octanol–water partition coefficient (Wildman–Crippen LogP) is 2.16. The Labute approximate surface area is 98.6 Å². The van der Waals surface area contributed by atoms with Crippen LogP contribution in [0.15, 0.2) is 0 Å². The van der Waals surface area contributed by atoms with Gasteiger partial charge in [-0.25, -0.2) is 0 Å². The fourth-order valence-corrected chi connectivity index (χ4v) is 4.52. The second-order valence-electron chi connectivity index (χ2n) is 6.64. The molecule has 92 valence electrons. The molecule has 0 heterocycles. The molecule has 0 aromatic heterocycles. The van der Waals surface area contributed by atoms with Gasteiger partial charge in [0.2, 0.25) is 0 Å². The van der Waals surface area contributed by atoms with Gasteiger partial charge >= 0.3 is 0 Å². The Morgan fingerprint density at radius 2 is 1.94 bits per heavy atom. The van der Waals surface area contributed by atoms with Gasteiger partial charge < -0.3 is 10.8 Å². The van der Waals surface area contributed by atoms with Crippen LogP contribution in [0.2, 0.25) is 0 Å². The van der Waals surface area contributed by atoms with E-state index in [2.05, 4.69) is 0 Å². The number of aliphatic hydroxyl groups is 1. The Hall–Kier alpha value is -0.0800. The van der Waals surface area contributed by atoms with Crippen molar-refractivity contribution in [2.45, 2.75) is 44.9 Å². The van der Waals surface area contributed by atoms with Crippen molar-refractivity contribution in [2.24, 2.45) is 34.8 Å². The SMILES string of the molecule is NCC(CO)(CC1CC2CCC1C2)C1CC1. The molecular weight excluding hydrogens is 198 g/mol. The lowest BCUT2D eigenvalue weighted by Crippen LogP contribution is -2.39. The first-order valence-electron chi connectivity index (χ1n) is 7.08. The van der Waals surface area contributed by atoms with Crippen molar-refractivity contribution in [2.75, 3.05) is 13.2 Å². The summed E-state index contributed by atoms with van der Waals surface area (Å²) in [6.45, 7) is 1.02. The molecule has 4 unspecified atom stereocenters. The highest BCUT2D eigenvalue weighted by molar-refractivity contribution is 4.99. The van der Waals surface area contributed by atoms with Gasteiger partial charge in [0.15, 0.2) is 0 Å². The van der Waals surface area contributed by atoms with Gasteiger partial charge in [-0.05, 0) is 62.2 Å². The van der Waals surface area contributed by atoms with Crippen LogP contribution < -0.4 is 5.73 Å².